The van der Waals surface area contributed by atoms with Gasteiger partial charge in [-0.25, -0.2) is 4.68 Å². The molecule has 1 unspecified atom stereocenters. The molecule has 1 atom stereocenters. The summed E-state index contributed by atoms with van der Waals surface area (Å²) >= 11 is 0. The number of aromatic nitrogens is 3. The third-order valence-electron chi connectivity index (χ3n) is 5.39. The topological polar surface area (TPSA) is 43.2 Å². The zero-order valence-electron chi connectivity index (χ0n) is 16.2. The van der Waals surface area contributed by atoms with E-state index in [1.165, 1.54) is 12.1 Å². The third-order valence-corrected chi connectivity index (χ3v) is 5.39. The van der Waals surface area contributed by atoms with E-state index in [4.69, 9.17) is 4.74 Å². The van der Waals surface area contributed by atoms with Crippen molar-refractivity contribution in [2.75, 3.05) is 24.6 Å². The Balaban J connectivity index is 1.58. The van der Waals surface area contributed by atoms with Gasteiger partial charge in [-0.1, -0.05) is 25.1 Å². The van der Waals surface area contributed by atoms with Gasteiger partial charge < -0.3 is 9.64 Å². The smallest absolute Gasteiger partial charge is 0.376 e. The van der Waals surface area contributed by atoms with Crippen molar-refractivity contribution in [3.05, 3.63) is 30.0 Å². The molecule has 1 aromatic heterocycles. The minimum atomic E-state index is -4.46. The molecule has 2 aromatic rings. The van der Waals surface area contributed by atoms with Gasteiger partial charge in [0.15, 0.2) is 0 Å². The summed E-state index contributed by atoms with van der Waals surface area (Å²) in [4.78, 5) is 1.97. The van der Waals surface area contributed by atoms with Gasteiger partial charge in [-0.2, -0.15) is 13.2 Å². The number of hydrogen-bond donors (Lipinski definition) is 0. The SMILES string of the molecule is CC1(C)CN(c2ccc(-c3cn(CC4CCCCO4)nn3)c(C(F)(F)F)c2)C1. The molecule has 5 nitrogen and oxygen atoms in total. The zero-order valence-corrected chi connectivity index (χ0v) is 16.2. The van der Waals surface area contributed by atoms with Gasteiger partial charge in [0.1, 0.15) is 5.69 Å². The van der Waals surface area contributed by atoms with Crippen LogP contribution in [0.4, 0.5) is 18.9 Å². The van der Waals surface area contributed by atoms with Crippen LogP contribution in [0.5, 0.6) is 0 Å². The Morgan fingerprint density at radius 3 is 2.64 bits per heavy atom. The fourth-order valence-corrected chi connectivity index (χ4v) is 4.03. The molecular weight excluding hydrogens is 369 g/mol. The lowest BCUT2D eigenvalue weighted by molar-refractivity contribution is -0.137. The Kier molecular flexibility index (Phi) is 4.85. The van der Waals surface area contributed by atoms with Gasteiger partial charge >= 0.3 is 6.18 Å². The van der Waals surface area contributed by atoms with E-state index in [1.807, 2.05) is 4.90 Å². The van der Waals surface area contributed by atoms with Gasteiger partial charge in [-0.05, 0) is 36.8 Å². The minimum absolute atomic E-state index is 0.0440. The summed E-state index contributed by atoms with van der Waals surface area (Å²) in [5, 5.41) is 8.02. The van der Waals surface area contributed by atoms with E-state index in [0.717, 1.165) is 39.0 Å². The molecule has 0 radical (unpaired) electrons. The average molecular weight is 394 g/mol. The lowest BCUT2D eigenvalue weighted by Gasteiger charge is -2.47. The van der Waals surface area contributed by atoms with Crippen molar-refractivity contribution in [1.82, 2.24) is 15.0 Å². The number of ether oxygens (including phenoxy) is 1. The van der Waals surface area contributed by atoms with Crippen LogP contribution in [0, 0.1) is 5.41 Å². The molecule has 2 fully saturated rings. The van der Waals surface area contributed by atoms with Crippen LogP contribution in [0.25, 0.3) is 11.3 Å². The van der Waals surface area contributed by atoms with Gasteiger partial charge in [-0.3, -0.25) is 0 Å². The second-order valence-corrected chi connectivity index (χ2v) is 8.56. The number of nitrogens with zero attached hydrogens (tertiary/aromatic N) is 4. The summed E-state index contributed by atoms with van der Waals surface area (Å²) in [5.74, 6) is 0. The number of benzene rings is 1. The molecule has 152 valence electrons. The van der Waals surface area contributed by atoms with Gasteiger partial charge in [0.05, 0.1) is 24.4 Å². The van der Waals surface area contributed by atoms with Crippen LogP contribution in [-0.4, -0.2) is 40.8 Å². The Labute approximate surface area is 162 Å². The number of rotatable bonds is 4. The van der Waals surface area contributed by atoms with E-state index in [1.54, 1.807) is 16.9 Å². The number of anilines is 1. The molecule has 3 heterocycles. The zero-order chi connectivity index (χ0) is 19.9. The maximum Gasteiger partial charge on any atom is 0.417 e. The highest BCUT2D eigenvalue weighted by molar-refractivity contribution is 5.68. The van der Waals surface area contributed by atoms with E-state index >= 15 is 0 Å². The Bertz CT molecular complexity index is 832. The van der Waals surface area contributed by atoms with Crippen molar-refractivity contribution in [1.29, 1.82) is 0 Å². The predicted octanol–water partition coefficient (Wildman–Crippen LogP) is 4.38. The van der Waals surface area contributed by atoms with Gasteiger partial charge in [0.25, 0.3) is 0 Å². The highest BCUT2D eigenvalue weighted by Gasteiger charge is 2.38. The number of hydrogen-bond acceptors (Lipinski definition) is 4. The fraction of sp³-hybridized carbons (Fsp3) is 0.600. The molecule has 2 aliphatic heterocycles. The maximum atomic E-state index is 13.7. The van der Waals surface area contributed by atoms with Gasteiger partial charge in [0.2, 0.25) is 0 Å². The predicted molar refractivity (Wildman–Crippen MR) is 100 cm³/mol. The lowest BCUT2D eigenvalue weighted by Crippen LogP contribution is -2.53. The normalized spacial score (nSPS) is 22.2. The molecular formula is C20H25F3N4O. The highest BCUT2D eigenvalue weighted by atomic mass is 19.4. The van der Waals surface area contributed by atoms with E-state index in [9.17, 15) is 13.2 Å². The van der Waals surface area contributed by atoms with Crippen molar-refractivity contribution < 1.29 is 17.9 Å². The summed E-state index contributed by atoms with van der Waals surface area (Å²) in [6.45, 7) is 6.95. The minimum Gasteiger partial charge on any atom is -0.376 e. The molecule has 2 saturated heterocycles. The van der Waals surface area contributed by atoms with Crippen molar-refractivity contribution in [2.24, 2.45) is 5.41 Å². The molecule has 0 N–H and O–H groups in total. The number of alkyl halides is 3. The van der Waals surface area contributed by atoms with E-state index in [2.05, 4.69) is 24.2 Å². The first kappa shape index (κ1) is 19.2. The second-order valence-electron chi connectivity index (χ2n) is 8.56. The van der Waals surface area contributed by atoms with E-state index in [0.29, 0.717) is 12.2 Å². The monoisotopic (exact) mass is 394 g/mol. The molecule has 0 bridgehead atoms. The van der Waals surface area contributed by atoms with Crippen LogP contribution in [0.2, 0.25) is 0 Å². The first-order chi connectivity index (χ1) is 13.2. The van der Waals surface area contributed by atoms with Crippen molar-refractivity contribution in [3.8, 4) is 11.3 Å². The highest BCUT2D eigenvalue weighted by Crippen LogP contribution is 2.41. The first-order valence-corrected chi connectivity index (χ1v) is 9.70. The summed E-state index contributed by atoms with van der Waals surface area (Å²) in [5.41, 5.74) is 0.362. The maximum absolute atomic E-state index is 13.7. The molecule has 0 spiro atoms. The standard InChI is InChI=1S/C20H25F3N4O/c1-19(2)12-26(13-19)14-6-7-16(17(9-14)20(21,22)23)18-11-27(25-24-18)10-15-5-3-4-8-28-15/h6-7,9,11,15H,3-5,8,10,12-13H2,1-2H3. The molecule has 0 aliphatic carbocycles. The Hall–Kier alpha value is -2.09. The molecule has 8 heteroatoms. The summed E-state index contributed by atoms with van der Waals surface area (Å²) < 4.78 is 48.5. The van der Waals surface area contributed by atoms with E-state index in [-0.39, 0.29) is 22.8 Å². The Morgan fingerprint density at radius 1 is 1.21 bits per heavy atom. The fourth-order valence-electron chi connectivity index (χ4n) is 4.03. The van der Waals surface area contributed by atoms with Crippen molar-refractivity contribution >= 4 is 5.69 Å². The molecule has 0 saturated carbocycles. The van der Waals surface area contributed by atoms with Crippen LogP contribution >= 0.6 is 0 Å². The summed E-state index contributed by atoms with van der Waals surface area (Å²) in [6.07, 6.45) is 0.247. The molecule has 0 amide bonds. The third kappa shape index (κ3) is 4.01. The van der Waals surface area contributed by atoms with Gasteiger partial charge in [-0.15, -0.1) is 5.10 Å². The van der Waals surface area contributed by atoms with Gasteiger partial charge in [0, 0.05) is 30.9 Å². The van der Waals surface area contributed by atoms with Crippen molar-refractivity contribution in [2.45, 2.75) is 51.9 Å². The van der Waals surface area contributed by atoms with Crippen LogP contribution in [0.1, 0.15) is 38.7 Å². The molecule has 4 rings (SSSR count). The van der Waals surface area contributed by atoms with E-state index < -0.39 is 11.7 Å². The number of halogens is 3. The first-order valence-electron chi connectivity index (χ1n) is 9.70. The summed E-state index contributed by atoms with van der Waals surface area (Å²) in [6, 6.07) is 4.48. The average Bonchev–Trinajstić information content (AvgIpc) is 3.07. The Morgan fingerprint density at radius 2 is 2.00 bits per heavy atom. The lowest BCUT2D eigenvalue weighted by atomic mass is 9.84. The van der Waals surface area contributed by atoms with Crippen molar-refractivity contribution in [3.63, 3.8) is 0 Å². The molecule has 1 aromatic carbocycles. The van der Waals surface area contributed by atoms with Crippen LogP contribution < -0.4 is 4.90 Å². The van der Waals surface area contributed by atoms with Crippen LogP contribution in [0.15, 0.2) is 24.4 Å². The summed E-state index contributed by atoms with van der Waals surface area (Å²) in [7, 11) is 0. The van der Waals surface area contributed by atoms with Crippen LogP contribution in [0.3, 0.4) is 0 Å². The molecule has 2 aliphatic rings. The quantitative estimate of drug-likeness (QED) is 0.772. The second kappa shape index (κ2) is 7.06. The van der Waals surface area contributed by atoms with Crippen LogP contribution in [-0.2, 0) is 17.5 Å². The molecule has 28 heavy (non-hydrogen) atoms. The largest absolute Gasteiger partial charge is 0.417 e.